The lowest BCUT2D eigenvalue weighted by Crippen LogP contribution is -2.48. The number of aromatic nitrogens is 8. The second-order valence-corrected chi connectivity index (χ2v) is 20.4. The second kappa shape index (κ2) is 21.4. The van der Waals surface area contributed by atoms with E-state index in [2.05, 4.69) is 47.5 Å². The average Bonchev–Trinajstić information content (AvgIpc) is 4.26. The summed E-state index contributed by atoms with van der Waals surface area (Å²) in [7, 11) is 0. The highest BCUT2D eigenvalue weighted by Crippen LogP contribution is 2.44. The number of hydrogen-bond acceptors (Lipinski definition) is 17. The smallest absolute Gasteiger partial charge is 0.327 e. The first kappa shape index (κ1) is 51.0. The molecule has 4 saturated heterocycles. The summed E-state index contributed by atoms with van der Waals surface area (Å²) in [5.41, 5.74) is 12.0. The molecule has 4 bridgehead atoms. The number of anilines is 6. The molecular weight excluding hydrogens is 992 g/mol. The van der Waals surface area contributed by atoms with Crippen molar-refractivity contribution in [1.29, 1.82) is 0 Å². The van der Waals surface area contributed by atoms with E-state index in [9.17, 15) is 4.79 Å². The van der Waals surface area contributed by atoms with Crippen LogP contribution in [0.2, 0.25) is 10.0 Å². The molecule has 0 radical (unpaired) electrons. The van der Waals surface area contributed by atoms with Crippen LogP contribution in [0.4, 0.5) is 39.2 Å². The van der Waals surface area contributed by atoms with Gasteiger partial charge in [-0.3, -0.25) is 14.3 Å². The Hall–Kier alpha value is -6.49. The molecule has 2 amide bonds. The van der Waals surface area contributed by atoms with Crippen molar-refractivity contribution < 1.29 is 33.2 Å². The van der Waals surface area contributed by atoms with E-state index in [-0.39, 0.29) is 24.3 Å². The number of carbonyl (C=O) groups excluding carboxylic acids is 1. The van der Waals surface area contributed by atoms with E-state index >= 15 is 0 Å². The van der Waals surface area contributed by atoms with Crippen LogP contribution >= 0.6 is 23.2 Å². The molecule has 4 atom stereocenters. The Bertz CT molecular complexity index is 2970. The summed E-state index contributed by atoms with van der Waals surface area (Å²) < 4.78 is 37.4. The summed E-state index contributed by atoms with van der Waals surface area (Å²) in [5, 5.41) is 16.4. The van der Waals surface area contributed by atoms with E-state index < -0.39 is 11.6 Å². The maximum Gasteiger partial charge on any atom is 0.327 e. The summed E-state index contributed by atoms with van der Waals surface area (Å²) in [6, 6.07) is 11.0. The first-order valence-corrected chi connectivity index (χ1v) is 25.7. The number of aryl methyl sites for hydroxylation is 2. The zero-order valence-corrected chi connectivity index (χ0v) is 43.8. The van der Waals surface area contributed by atoms with Gasteiger partial charge >= 0.3 is 6.03 Å². The predicted molar refractivity (Wildman–Crippen MR) is 282 cm³/mol. The molecule has 0 spiro atoms. The molecule has 6 aromatic rings. The molecule has 6 aliphatic heterocycles. The zero-order valence-electron chi connectivity index (χ0n) is 42.3. The standard InChI is InChI=1S/C26H30ClN7O4.C14H16ClN5.C11H16N2O3/c1-4-33-12-16(11-29-33)23-20(27)10-21-24(31-23)34(18-6-8-32(21)13-18)25(35)30-17-5-7-28-22(9-17)36-14-19-15-37-26(2,3)38-19;1-2-20-7-9(6-16-20)13-11(15)5-12-14(18-13)17-10-3-4-19(12)8-10;1-11(2)15-7-9(16-11)6-14-10-5-8(12)3-4-13-10/h5,7,9-12,18-19H,4,6,8,13-15H2,1-3H3,(H,28,30,35);5-7,10H,2-4,8H2,1H3,(H,17,18);3-5,9H,6-7H2,1-2H3,(H2,12,13)/t18-,19-;10-;9-/m000/s1. The molecule has 74 heavy (non-hydrogen) atoms. The molecule has 4 N–H and O–H groups in total. The number of ether oxygens (including phenoxy) is 6. The third-order valence-corrected chi connectivity index (χ3v) is 13.8. The molecular formula is C51H62Cl2N14O7. The van der Waals surface area contributed by atoms with Crippen molar-refractivity contribution in [2.75, 3.05) is 83.7 Å². The van der Waals surface area contributed by atoms with Crippen LogP contribution in [0.5, 0.6) is 11.8 Å². The fourth-order valence-corrected chi connectivity index (χ4v) is 10.1. The second-order valence-electron chi connectivity index (χ2n) is 19.6. The molecule has 0 saturated carbocycles. The third kappa shape index (κ3) is 11.6. The van der Waals surface area contributed by atoms with Crippen molar-refractivity contribution >= 4 is 63.6 Å². The highest BCUT2D eigenvalue weighted by Gasteiger charge is 2.41. The lowest BCUT2D eigenvalue weighted by molar-refractivity contribution is -0.142. The predicted octanol–water partition coefficient (Wildman–Crippen LogP) is 7.99. The summed E-state index contributed by atoms with van der Waals surface area (Å²) in [5.74, 6) is 1.30. The molecule has 6 aliphatic rings. The molecule has 12 rings (SSSR count). The highest BCUT2D eigenvalue weighted by molar-refractivity contribution is 6.34. The van der Waals surface area contributed by atoms with Gasteiger partial charge in [0, 0.05) is 105 Å². The van der Waals surface area contributed by atoms with E-state index in [0.29, 0.717) is 77.2 Å². The van der Waals surface area contributed by atoms with Crippen LogP contribution in [0.1, 0.15) is 54.4 Å². The van der Waals surface area contributed by atoms with Crippen LogP contribution in [0.3, 0.4) is 0 Å². The van der Waals surface area contributed by atoms with Crippen LogP contribution in [-0.2, 0) is 32.0 Å². The van der Waals surface area contributed by atoms with Crippen LogP contribution in [0.15, 0.2) is 73.6 Å². The Kier molecular flexibility index (Phi) is 14.7. The van der Waals surface area contributed by atoms with Crippen LogP contribution < -0.4 is 40.5 Å². The maximum absolute atomic E-state index is 13.7. The normalized spacial score (nSPS) is 21.4. The fraction of sp³-hybridized carbons (Fsp3) is 0.471. The van der Waals surface area contributed by atoms with Crippen molar-refractivity contribution in [3.63, 3.8) is 0 Å². The van der Waals surface area contributed by atoms with E-state index in [4.69, 9.17) is 67.3 Å². The van der Waals surface area contributed by atoms with Gasteiger partial charge in [0.15, 0.2) is 23.2 Å². The van der Waals surface area contributed by atoms with Gasteiger partial charge in [0.05, 0.1) is 64.5 Å². The number of hydrogen-bond donors (Lipinski definition) is 3. The Morgan fingerprint density at radius 1 is 0.784 bits per heavy atom. The van der Waals surface area contributed by atoms with E-state index in [0.717, 1.165) is 86.1 Å². The summed E-state index contributed by atoms with van der Waals surface area (Å²) in [6.45, 7) is 18.6. The number of nitrogen functional groups attached to an aromatic ring is 1. The van der Waals surface area contributed by atoms with Gasteiger partial charge in [-0.25, -0.2) is 24.7 Å². The molecule has 6 aromatic heterocycles. The number of nitrogens with zero attached hydrogens (tertiary/aromatic N) is 11. The number of amides is 2. The van der Waals surface area contributed by atoms with Crippen LogP contribution in [0.25, 0.3) is 22.5 Å². The van der Waals surface area contributed by atoms with Gasteiger partial charge in [-0.1, -0.05) is 23.2 Å². The monoisotopic (exact) mass is 1050 g/mol. The summed E-state index contributed by atoms with van der Waals surface area (Å²) in [4.78, 5) is 37.9. The first-order valence-electron chi connectivity index (χ1n) is 25.0. The SMILES string of the molecule is CC1(C)OC[C@H](COc2cc(N)ccn2)O1.CCn1cc(-c2nc3c(cc2Cl)N2CC[C@@H](C2)N3)cn1.CCn1cc(-c2nc3c(cc2Cl)N2CC[C@@H](C2)N3C(=O)Nc2ccnc(OC[C@H]3COC(C)(C)O3)c2)cn1. The number of urea groups is 1. The van der Waals surface area contributed by atoms with Gasteiger partial charge in [0.1, 0.15) is 25.4 Å². The molecule has 12 heterocycles. The van der Waals surface area contributed by atoms with Gasteiger partial charge in [0.25, 0.3) is 0 Å². The molecule has 392 valence electrons. The van der Waals surface area contributed by atoms with Crippen LogP contribution in [-0.4, -0.2) is 134 Å². The molecule has 23 heteroatoms. The molecule has 21 nitrogen and oxygen atoms in total. The number of pyridine rings is 4. The Labute approximate surface area is 439 Å². The largest absolute Gasteiger partial charge is 0.475 e. The highest BCUT2D eigenvalue weighted by atomic mass is 35.5. The molecule has 4 fully saturated rings. The number of halogens is 2. The van der Waals surface area contributed by atoms with Crippen LogP contribution in [0, 0.1) is 0 Å². The summed E-state index contributed by atoms with van der Waals surface area (Å²) in [6.07, 6.45) is 12.4. The van der Waals surface area contributed by atoms with Gasteiger partial charge < -0.3 is 54.6 Å². The first-order chi connectivity index (χ1) is 35.6. The topological polar surface area (TPSA) is 219 Å². The quantitative estimate of drug-likeness (QED) is 0.112. The Morgan fingerprint density at radius 2 is 1.36 bits per heavy atom. The van der Waals surface area contributed by atoms with Gasteiger partial charge in [-0.2, -0.15) is 10.2 Å². The number of nitrogens with one attached hydrogen (secondary N) is 2. The van der Waals surface area contributed by atoms with Crippen molar-refractivity contribution in [3.05, 3.63) is 83.6 Å². The summed E-state index contributed by atoms with van der Waals surface area (Å²) >= 11 is 13.1. The van der Waals surface area contributed by atoms with Gasteiger partial charge in [-0.05, 0) is 78.6 Å². The van der Waals surface area contributed by atoms with Crippen molar-refractivity contribution in [1.82, 2.24) is 39.5 Å². The minimum absolute atomic E-state index is 0.00261. The Morgan fingerprint density at radius 3 is 1.96 bits per heavy atom. The van der Waals surface area contributed by atoms with Crippen molar-refractivity contribution in [2.24, 2.45) is 0 Å². The van der Waals surface area contributed by atoms with E-state index in [1.54, 1.807) is 47.8 Å². The maximum atomic E-state index is 13.7. The average molecular weight is 1050 g/mol. The zero-order chi connectivity index (χ0) is 51.7. The minimum Gasteiger partial charge on any atom is -0.475 e. The molecule has 0 aromatic carbocycles. The lowest BCUT2D eigenvalue weighted by Gasteiger charge is -2.36. The molecule has 0 unspecified atom stereocenters. The molecule has 0 aliphatic carbocycles. The Balaban J connectivity index is 0.000000144. The van der Waals surface area contributed by atoms with Gasteiger partial charge in [0.2, 0.25) is 11.8 Å². The number of nitrogens with two attached hydrogens (primary N) is 1. The number of carbonyl (C=O) groups is 1. The van der Waals surface area contributed by atoms with E-state index in [1.165, 1.54) is 0 Å². The number of rotatable bonds is 11. The minimum atomic E-state index is -0.619. The lowest BCUT2D eigenvalue weighted by atomic mass is 10.1. The van der Waals surface area contributed by atoms with Gasteiger partial charge in [-0.15, -0.1) is 0 Å². The third-order valence-electron chi connectivity index (χ3n) is 13.3. The van der Waals surface area contributed by atoms with Crippen molar-refractivity contribution in [2.45, 2.75) is 103 Å². The van der Waals surface area contributed by atoms with Crippen molar-refractivity contribution in [3.8, 4) is 34.3 Å². The van der Waals surface area contributed by atoms with E-state index in [1.807, 2.05) is 74.7 Å². The fourth-order valence-electron chi connectivity index (χ4n) is 9.63. The number of fused-ring (bicyclic) bond motifs is 8.